The Morgan fingerprint density at radius 2 is 0.787 bits per heavy atom. The summed E-state index contributed by atoms with van der Waals surface area (Å²) < 4.78 is 6.11. The maximum atomic E-state index is 10.5. The van der Waals surface area contributed by atoms with Crippen LogP contribution >= 0.6 is 0 Å². The molecule has 0 atom stereocenters. The molecule has 0 aliphatic heterocycles. The molecule has 6 aromatic rings. The van der Waals surface area contributed by atoms with Crippen LogP contribution in [0.4, 0.5) is 22.7 Å². The van der Waals surface area contributed by atoms with Gasteiger partial charge in [-0.1, -0.05) is 72.2 Å². The lowest BCUT2D eigenvalue weighted by atomic mass is 10.00. The first-order valence-electron chi connectivity index (χ1n) is 14.6. The van der Waals surface area contributed by atoms with Gasteiger partial charge < -0.3 is 37.9 Å². The zero-order chi connectivity index (χ0) is 32.9. The highest BCUT2D eigenvalue weighted by Crippen LogP contribution is 2.39. The highest BCUT2D eigenvalue weighted by Gasteiger charge is 2.13. The quantitative estimate of drug-likeness (QED) is 0.0689. The third-order valence-corrected chi connectivity index (χ3v) is 7.42. The smallest absolute Gasteiger partial charge is 0.154 e. The van der Waals surface area contributed by atoms with E-state index in [1.54, 1.807) is 48.5 Å². The third kappa shape index (κ3) is 6.76. The van der Waals surface area contributed by atoms with Crippen molar-refractivity contribution in [2.45, 2.75) is 0 Å². The summed E-state index contributed by atoms with van der Waals surface area (Å²) in [6.45, 7) is 0. The Hall–Kier alpha value is -6.96. The van der Waals surface area contributed by atoms with E-state index in [0.717, 1.165) is 33.4 Å². The summed E-state index contributed by atoms with van der Waals surface area (Å²) in [4.78, 5) is 0. The minimum atomic E-state index is -0.0737. The molecule has 0 unspecified atom stereocenters. The van der Waals surface area contributed by atoms with E-state index in [0.29, 0.717) is 34.0 Å². The molecule has 0 radical (unpaired) electrons. The van der Waals surface area contributed by atoms with Gasteiger partial charge in [-0.3, -0.25) is 0 Å². The van der Waals surface area contributed by atoms with E-state index in [1.807, 2.05) is 72.8 Å². The highest BCUT2D eigenvalue weighted by molar-refractivity contribution is 5.80. The van der Waals surface area contributed by atoms with Crippen molar-refractivity contribution in [1.29, 1.82) is 0 Å². The molecule has 7 heteroatoms. The van der Waals surface area contributed by atoms with Gasteiger partial charge in [0.15, 0.2) is 11.5 Å². The van der Waals surface area contributed by atoms with Gasteiger partial charge in [0, 0.05) is 11.1 Å². The van der Waals surface area contributed by atoms with E-state index in [4.69, 9.17) is 27.7 Å². The Balaban J connectivity index is 1.24. The Bertz CT molecular complexity index is 2080. The van der Waals surface area contributed by atoms with Gasteiger partial charge in [0.05, 0.1) is 33.9 Å². The number of rotatable bonds is 4. The molecule has 0 saturated carbocycles. The van der Waals surface area contributed by atoms with Gasteiger partial charge in [-0.05, 0) is 95.1 Å². The van der Waals surface area contributed by atoms with Crippen molar-refractivity contribution in [2.24, 2.45) is 0 Å². The second-order valence-electron chi connectivity index (χ2n) is 10.8. The van der Waals surface area contributed by atoms with Crippen molar-refractivity contribution in [3.63, 3.8) is 0 Å². The largest absolute Gasteiger partial charge is 0.505 e. The predicted molar refractivity (Wildman–Crippen MR) is 190 cm³/mol. The molecule has 6 aromatic carbocycles. The number of nitrogen functional groups attached to an aromatic ring is 4. The molecule has 0 aliphatic rings. The normalized spacial score (nSPS) is 10.3. The number of nitrogens with two attached hydrogens (primary N) is 4. The second kappa shape index (κ2) is 13.0. The average molecular weight is 615 g/mol. The van der Waals surface area contributed by atoms with Crippen LogP contribution in [0.25, 0.3) is 22.3 Å². The van der Waals surface area contributed by atoms with E-state index in [1.165, 1.54) is 0 Å². The zero-order valence-electron chi connectivity index (χ0n) is 25.2. The van der Waals surface area contributed by atoms with Gasteiger partial charge in [0.1, 0.15) is 11.5 Å². The van der Waals surface area contributed by atoms with E-state index >= 15 is 0 Å². The van der Waals surface area contributed by atoms with Crippen LogP contribution in [0.5, 0.6) is 23.0 Å². The molecule has 0 saturated heterocycles. The van der Waals surface area contributed by atoms with Crippen LogP contribution in [0, 0.1) is 23.7 Å². The summed E-state index contributed by atoms with van der Waals surface area (Å²) in [5, 5.41) is 21.1. The SMILES string of the molecule is Nc1cc(-c2cc(N)c(O)c(C#Cc3ccccc3)c2)ccc1Oc1ccc(-c2cc(N)c(O)c(C#Cc3ccccc3)c2)cc1N. The standard InChI is InChI=1S/C40H30N4O3/c41-33-21-27(31-19-29(39(45)35(43)23-31)13-11-25-7-3-1-4-8-25)15-17-37(33)47-38-18-16-28(22-34(38)42)32-20-30(40(46)36(44)24-32)14-12-26-9-5-2-6-10-26/h1-10,15-24,45-46H,41-44H2. The van der Waals surface area contributed by atoms with E-state index in [-0.39, 0.29) is 22.9 Å². The van der Waals surface area contributed by atoms with Gasteiger partial charge in [0.2, 0.25) is 0 Å². The number of anilines is 4. The number of phenols is 2. The van der Waals surface area contributed by atoms with Crippen LogP contribution in [-0.2, 0) is 0 Å². The van der Waals surface area contributed by atoms with Crippen LogP contribution < -0.4 is 27.7 Å². The van der Waals surface area contributed by atoms with Gasteiger partial charge >= 0.3 is 0 Å². The summed E-state index contributed by atoms with van der Waals surface area (Å²) in [6.07, 6.45) is 0. The van der Waals surface area contributed by atoms with Gasteiger partial charge in [0.25, 0.3) is 0 Å². The maximum Gasteiger partial charge on any atom is 0.154 e. The summed E-state index contributed by atoms with van der Waals surface area (Å²) in [6, 6.07) is 36.5. The topological polar surface area (TPSA) is 154 Å². The summed E-state index contributed by atoms with van der Waals surface area (Å²) >= 11 is 0. The van der Waals surface area contributed by atoms with Gasteiger partial charge in [-0.15, -0.1) is 0 Å². The fraction of sp³-hybridized carbons (Fsp3) is 0. The van der Waals surface area contributed by atoms with Gasteiger partial charge in [-0.25, -0.2) is 0 Å². The van der Waals surface area contributed by atoms with E-state index < -0.39 is 0 Å². The predicted octanol–water partition coefficient (Wildman–Crippen LogP) is 7.35. The van der Waals surface area contributed by atoms with Crippen LogP contribution in [0.1, 0.15) is 22.3 Å². The summed E-state index contributed by atoms with van der Waals surface area (Å²) in [5.74, 6) is 12.8. The average Bonchev–Trinajstić information content (AvgIpc) is 3.08. The number of hydrogen-bond acceptors (Lipinski definition) is 7. The lowest BCUT2D eigenvalue weighted by Gasteiger charge is -2.14. The number of benzene rings is 6. The minimum Gasteiger partial charge on any atom is -0.505 e. The monoisotopic (exact) mass is 614 g/mol. The second-order valence-corrected chi connectivity index (χ2v) is 10.8. The van der Waals surface area contributed by atoms with Crippen molar-refractivity contribution >= 4 is 22.7 Å². The minimum absolute atomic E-state index is 0.0737. The van der Waals surface area contributed by atoms with Gasteiger partial charge in [-0.2, -0.15) is 0 Å². The molecular weight excluding hydrogens is 584 g/mol. The van der Waals surface area contributed by atoms with Crippen molar-refractivity contribution in [3.05, 3.63) is 144 Å². The molecule has 47 heavy (non-hydrogen) atoms. The van der Waals surface area contributed by atoms with Crippen molar-refractivity contribution in [1.82, 2.24) is 0 Å². The number of hydrogen-bond donors (Lipinski definition) is 6. The summed E-state index contributed by atoms with van der Waals surface area (Å²) in [5.41, 5.74) is 31.7. The Morgan fingerprint density at radius 1 is 0.404 bits per heavy atom. The van der Waals surface area contributed by atoms with E-state index in [9.17, 15) is 10.2 Å². The molecule has 6 rings (SSSR count). The summed E-state index contributed by atoms with van der Waals surface area (Å²) in [7, 11) is 0. The highest BCUT2D eigenvalue weighted by atomic mass is 16.5. The Morgan fingerprint density at radius 3 is 1.17 bits per heavy atom. The number of aromatic hydroxyl groups is 2. The fourth-order valence-electron chi connectivity index (χ4n) is 4.92. The number of ether oxygens (including phenoxy) is 1. The molecular formula is C40H30N4O3. The fourth-order valence-corrected chi connectivity index (χ4v) is 4.92. The molecule has 0 amide bonds. The molecule has 0 heterocycles. The first kappa shape index (κ1) is 30.1. The third-order valence-electron chi connectivity index (χ3n) is 7.42. The Labute approximate surface area is 272 Å². The molecule has 0 fully saturated rings. The molecule has 0 bridgehead atoms. The van der Waals surface area contributed by atoms with Crippen LogP contribution in [-0.4, -0.2) is 10.2 Å². The maximum absolute atomic E-state index is 10.5. The first-order chi connectivity index (χ1) is 22.7. The van der Waals surface area contributed by atoms with Crippen LogP contribution in [0.15, 0.2) is 121 Å². The van der Waals surface area contributed by atoms with Crippen molar-refractivity contribution < 1.29 is 14.9 Å². The van der Waals surface area contributed by atoms with Crippen molar-refractivity contribution in [3.8, 4) is 68.9 Å². The molecule has 7 nitrogen and oxygen atoms in total. The molecule has 0 aromatic heterocycles. The lowest BCUT2D eigenvalue weighted by molar-refractivity contribution is 0.476. The molecule has 0 aliphatic carbocycles. The number of phenolic OH excluding ortho intramolecular Hbond substituents is 2. The van der Waals surface area contributed by atoms with Crippen molar-refractivity contribution in [2.75, 3.05) is 22.9 Å². The molecule has 228 valence electrons. The zero-order valence-corrected chi connectivity index (χ0v) is 25.2. The lowest BCUT2D eigenvalue weighted by Crippen LogP contribution is -1.97. The Kier molecular flexibility index (Phi) is 8.29. The van der Waals surface area contributed by atoms with E-state index in [2.05, 4.69) is 23.7 Å². The molecule has 0 spiro atoms. The first-order valence-corrected chi connectivity index (χ1v) is 14.6. The van der Waals surface area contributed by atoms with Crippen LogP contribution in [0.2, 0.25) is 0 Å². The van der Waals surface area contributed by atoms with Crippen LogP contribution in [0.3, 0.4) is 0 Å². The molecule has 10 N–H and O–H groups in total.